The Morgan fingerprint density at radius 1 is 1.16 bits per heavy atom. The number of hydrogen-bond acceptors (Lipinski definition) is 1. The van der Waals surface area contributed by atoms with Crippen LogP contribution in [0, 0.1) is 5.82 Å². The van der Waals surface area contributed by atoms with Crippen molar-refractivity contribution >= 4 is 55.1 Å². The Balaban J connectivity index is 2.28. The highest BCUT2D eigenvalue weighted by Crippen LogP contribution is 2.27. The smallest absolute Gasteiger partial charge is 0.256 e. The third-order valence-electron chi connectivity index (χ3n) is 2.35. The van der Waals surface area contributed by atoms with Crippen molar-refractivity contribution in [3.05, 3.63) is 61.7 Å². The van der Waals surface area contributed by atoms with Crippen LogP contribution in [-0.4, -0.2) is 5.91 Å². The molecule has 0 spiro atoms. The van der Waals surface area contributed by atoms with Crippen molar-refractivity contribution in [2.45, 2.75) is 0 Å². The number of nitrogens with one attached hydrogen (secondary N) is 1. The SMILES string of the molecule is O=C(Nc1cc(Br)ccc1Cl)c1ccc(F)cc1Br. The molecule has 2 aromatic carbocycles. The van der Waals surface area contributed by atoms with Crippen molar-refractivity contribution in [1.82, 2.24) is 0 Å². The van der Waals surface area contributed by atoms with Crippen LogP contribution < -0.4 is 5.32 Å². The van der Waals surface area contributed by atoms with E-state index >= 15 is 0 Å². The maximum atomic E-state index is 13.0. The van der Waals surface area contributed by atoms with E-state index in [1.165, 1.54) is 18.2 Å². The fraction of sp³-hybridized carbons (Fsp3) is 0. The van der Waals surface area contributed by atoms with E-state index in [1.54, 1.807) is 18.2 Å². The largest absolute Gasteiger partial charge is 0.321 e. The number of carbonyl (C=O) groups excluding carboxylic acids is 1. The lowest BCUT2D eigenvalue weighted by Gasteiger charge is -2.09. The van der Waals surface area contributed by atoms with Crippen molar-refractivity contribution in [3.63, 3.8) is 0 Å². The highest BCUT2D eigenvalue weighted by atomic mass is 79.9. The molecule has 2 aromatic rings. The van der Waals surface area contributed by atoms with Crippen molar-refractivity contribution < 1.29 is 9.18 Å². The summed E-state index contributed by atoms with van der Waals surface area (Å²) >= 11 is 12.4. The average Bonchev–Trinajstić information content (AvgIpc) is 2.33. The minimum Gasteiger partial charge on any atom is -0.321 e. The average molecular weight is 407 g/mol. The Morgan fingerprint density at radius 2 is 1.89 bits per heavy atom. The van der Waals surface area contributed by atoms with Crippen molar-refractivity contribution in [2.75, 3.05) is 5.32 Å². The molecule has 0 aromatic heterocycles. The molecule has 0 radical (unpaired) electrons. The molecule has 0 aliphatic heterocycles. The van der Waals surface area contributed by atoms with Crippen molar-refractivity contribution in [1.29, 1.82) is 0 Å². The summed E-state index contributed by atoms with van der Waals surface area (Å²) in [5.74, 6) is -0.782. The predicted molar refractivity (Wildman–Crippen MR) is 81.2 cm³/mol. The number of anilines is 1. The molecule has 0 unspecified atom stereocenters. The van der Waals surface area contributed by atoms with Gasteiger partial charge in [0.2, 0.25) is 0 Å². The van der Waals surface area contributed by atoms with Gasteiger partial charge in [-0.1, -0.05) is 27.5 Å². The second-order valence-corrected chi connectivity index (χ2v) is 5.88. The maximum absolute atomic E-state index is 13.0. The maximum Gasteiger partial charge on any atom is 0.256 e. The minimum absolute atomic E-state index is 0.331. The summed E-state index contributed by atoms with van der Waals surface area (Å²) < 4.78 is 14.1. The summed E-state index contributed by atoms with van der Waals surface area (Å²) in [6.45, 7) is 0. The van der Waals surface area contributed by atoms with E-state index in [1.807, 2.05) is 0 Å². The lowest BCUT2D eigenvalue weighted by molar-refractivity contribution is 0.102. The van der Waals surface area contributed by atoms with Gasteiger partial charge in [-0.3, -0.25) is 4.79 Å². The van der Waals surface area contributed by atoms with E-state index in [0.29, 0.717) is 20.7 Å². The van der Waals surface area contributed by atoms with Crippen LogP contribution in [0.2, 0.25) is 5.02 Å². The first-order valence-electron chi connectivity index (χ1n) is 5.19. The molecule has 1 amide bonds. The monoisotopic (exact) mass is 405 g/mol. The van der Waals surface area contributed by atoms with Gasteiger partial charge in [-0.15, -0.1) is 0 Å². The van der Waals surface area contributed by atoms with Gasteiger partial charge in [0.05, 0.1) is 16.3 Å². The van der Waals surface area contributed by atoms with E-state index in [9.17, 15) is 9.18 Å². The van der Waals surface area contributed by atoms with Gasteiger partial charge in [0, 0.05) is 8.95 Å². The number of amides is 1. The van der Waals surface area contributed by atoms with Crippen LogP contribution in [0.15, 0.2) is 45.3 Å². The Kier molecular flexibility index (Phi) is 4.60. The Labute approximate surface area is 131 Å². The number of halogens is 4. The predicted octanol–water partition coefficient (Wildman–Crippen LogP) is 5.26. The van der Waals surface area contributed by atoms with Gasteiger partial charge in [-0.2, -0.15) is 0 Å². The second kappa shape index (κ2) is 6.03. The van der Waals surface area contributed by atoms with Crippen LogP contribution in [0.1, 0.15) is 10.4 Å². The van der Waals surface area contributed by atoms with Gasteiger partial charge in [-0.25, -0.2) is 4.39 Å². The zero-order valence-electron chi connectivity index (χ0n) is 9.38. The van der Waals surface area contributed by atoms with Crippen LogP contribution in [0.5, 0.6) is 0 Å². The summed E-state index contributed by atoms with van der Waals surface area (Å²) in [6.07, 6.45) is 0. The fourth-order valence-corrected chi connectivity index (χ4v) is 2.51. The molecule has 1 N–H and O–H groups in total. The molecule has 0 saturated heterocycles. The van der Waals surface area contributed by atoms with E-state index in [0.717, 1.165) is 4.47 Å². The van der Waals surface area contributed by atoms with E-state index < -0.39 is 5.82 Å². The molecule has 0 bridgehead atoms. The fourth-order valence-electron chi connectivity index (χ4n) is 1.46. The van der Waals surface area contributed by atoms with Crippen LogP contribution >= 0.6 is 43.5 Å². The third-order valence-corrected chi connectivity index (χ3v) is 3.83. The first-order valence-corrected chi connectivity index (χ1v) is 7.15. The summed E-state index contributed by atoms with van der Waals surface area (Å²) in [5.41, 5.74) is 0.815. The normalized spacial score (nSPS) is 10.3. The molecule has 0 aliphatic carbocycles. The molecular weight excluding hydrogens is 400 g/mol. The first-order chi connectivity index (χ1) is 8.97. The molecular formula is C13H7Br2ClFNO. The first kappa shape index (κ1) is 14.5. The van der Waals surface area contributed by atoms with Gasteiger partial charge in [0.25, 0.3) is 5.91 Å². The molecule has 0 aliphatic rings. The zero-order valence-corrected chi connectivity index (χ0v) is 13.3. The summed E-state index contributed by atoms with van der Waals surface area (Å²) in [6, 6.07) is 8.99. The van der Waals surface area contributed by atoms with Gasteiger partial charge in [-0.05, 0) is 52.3 Å². The van der Waals surface area contributed by atoms with E-state index in [-0.39, 0.29) is 5.91 Å². The molecule has 0 fully saturated rings. The quantitative estimate of drug-likeness (QED) is 0.723. The molecule has 2 rings (SSSR count). The highest BCUT2D eigenvalue weighted by Gasteiger charge is 2.12. The van der Waals surface area contributed by atoms with Gasteiger partial charge < -0.3 is 5.32 Å². The van der Waals surface area contributed by atoms with E-state index in [4.69, 9.17) is 11.6 Å². The molecule has 19 heavy (non-hydrogen) atoms. The van der Waals surface area contributed by atoms with E-state index in [2.05, 4.69) is 37.2 Å². The van der Waals surface area contributed by atoms with Crippen molar-refractivity contribution in [2.24, 2.45) is 0 Å². The van der Waals surface area contributed by atoms with Crippen LogP contribution in [0.3, 0.4) is 0 Å². The standard InChI is InChI=1S/C13H7Br2ClFNO/c14-7-1-4-11(16)12(5-7)18-13(19)9-3-2-8(17)6-10(9)15/h1-6H,(H,18,19). The number of benzene rings is 2. The molecule has 6 heteroatoms. The van der Waals surface area contributed by atoms with Crippen LogP contribution in [0.25, 0.3) is 0 Å². The van der Waals surface area contributed by atoms with Crippen LogP contribution in [-0.2, 0) is 0 Å². The van der Waals surface area contributed by atoms with Gasteiger partial charge in [0.1, 0.15) is 5.82 Å². The summed E-state index contributed by atoms with van der Waals surface area (Å²) in [7, 11) is 0. The number of rotatable bonds is 2. The molecule has 98 valence electrons. The second-order valence-electron chi connectivity index (χ2n) is 3.70. The zero-order chi connectivity index (χ0) is 14.0. The molecule has 0 atom stereocenters. The Hall–Kier alpha value is -0.910. The van der Waals surface area contributed by atoms with Gasteiger partial charge >= 0.3 is 0 Å². The van der Waals surface area contributed by atoms with Gasteiger partial charge in [0.15, 0.2) is 0 Å². The lowest BCUT2D eigenvalue weighted by atomic mass is 10.2. The number of hydrogen-bond donors (Lipinski definition) is 1. The molecule has 0 saturated carbocycles. The van der Waals surface area contributed by atoms with Crippen LogP contribution in [0.4, 0.5) is 10.1 Å². The highest BCUT2D eigenvalue weighted by molar-refractivity contribution is 9.10. The lowest BCUT2D eigenvalue weighted by Crippen LogP contribution is -2.13. The minimum atomic E-state index is -0.413. The Bertz CT molecular complexity index is 649. The summed E-state index contributed by atoms with van der Waals surface area (Å²) in [5, 5.41) is 3.10. The molecule has 2 nitrogen and oxygen atoms in total. The topological polar surface area (TPSA) is 29.1 Å². The third kappa shape index (κ3) is 3.55. The number of carbonyl (C=O) groups is 1. The molecule has 0 heterocycles. The van der Waals surface area contributed by atoms with Crippen molar-refractivity contribution in [3.8, 4) is 0 Å². The summed E-state index contributed by atoms with van der Waals surface area (Å²) in [4.78, 5) is 12.1. The Morgan fingerprint density at radius 3 is 2.58 bits per heavy atom.